The maximum Gasteiger partial charge on any atom is 2.00 e. The van der Waals surface area contributed by atoms with Gasteiger partial charge in [-0.2, -0.15) is 24.9 Å². The molecule has 14 rings (SSSR count). The first-order chi connectivity index (χ1) is 43.2. The van der Waals surface area contributed by atoms with Gasteiger partial charge >= 0.3 is 23.1 Å². The molecule has 2 aromatic heterocycles. The molecule has 14 aromatic rings. The molecule has 0 saturated carbocycles. The van der Waals surface area contributed by atoms with Gasteiger partial charge in [0.25, 0.3) is 0 Å². The summed E-state index contributed by atoms with van der Waals surface area (Å²) in [6.45, 7) is 0. The van der Waals surface area contributed by atoms with Gasteiger partial charge < -0.3 is 2.85 Å². The third-order valence-electron chi connectivity index (χ3n) is 14.6. The van der Waals surface area contributed by atoms with E-state index in [9.17, 15) is 0 Å². The topological polar surface area (TPSA) is 77.3 Å². The van der Waals surface area contributed by atoms with Gasteiger partial charge in [-0.15, -0.1) is 0 Å². The minimum atomic E-state index is 0. The van der Waals surface area contributed by atoms with E-state index >= 15 is 0 Å². The zero-order valence-electron chi connectivity index (χ0n) is 49.9. The van der Waals surface area contributed by atoms with Crippen LogP contribution in [0.15, 0.2) is 320 Å². The SMILES string of the molecule is Brc1cccc(-c2cccc(-c3ccccc3)c2)c1.Clc1nc(-c2ccc(-c3cccc(-c4ccccc4)c3)cc2)nc(-c2cccc(-c3cccc(-c4ccccc4)c3)c2)n1.Clc1nc(Cl)nc(-c2ccc(-c3cccc(-c4ccccc4)c3)cc2)n1.[H-].[H-].[Mg+2]. The second-order valence-corrected chi connectivity index (χ2v) is 22.4. The van der Waals surface area contributed by atoms with Crippen LogP contribution >= 0.6 is 50.7 Å². The van der Waals surface area contributed by atoms with Crippen LogP contribution in [0.5, 0.6) is 0 Å². The fraction of sp³-hybridized carbons (Fsp3) is 0. The predicted octanol–water partition coefficient (Wildman–Crippen LogP) is 22.3. The third kappa shape index (κ3) is 15.9. The number of benzene rings is 12. The van der Waals surface area contributed by atoms with Crippen molar-refractivity contribution in [1.82, 2.24) is 29.9 Å². The average molecular weight is 1290 g/mol. The van der Waals surface area contributed by atoms with Crippen molar-refractivity contribution in [3.8, 4) is 123 Å². The molecule has 0 atom stereocenters. The molecule has 0 saturated heterocycles. The monoisotopic (exact) mass is 1280 g/mol. The summed E-state index contributed by atoms with van der Waals surface area (Å²) in [6, 6.07) is 109. The molecule has 11 heteroatoms. The quantitative estimate of drug-likeness (QED) is 0.120. The van der Waals surface area contributed by atoms with Gasteiger partial charge in [-0.25, -0.2) is 4.98 Å². The molecule has 6 nitrogen and oxygen atoms in total. The molecule has 0 aliphatic carbocycles. The van der Waals surface area contributed by atoms with Crippen LogP contribution in [0, 0.1) is 0 Å². The average Bonchev–Trinajstić information content (AvgIpc) is 3.78. The predicted molar refractivity (Wildman–Crippen MR) is 377 cm³/mol. The number of aromatic nitrogens is 6. The molecule has 0 bridgehead atoms. The standard InChI is InChI=1S/C39H26ClN3.C21H13Cl2N3.C18H13Br.Mg.2H/c40-39-42-37(30-22-20-29(21-23-30)33-16-7-14-31(24-33)27-10-3-1-4-11-27)41-38(43-39)36-19-9-18-35(26-36)34-17-8-15-32(25-34)28-12-5-2-6-13-28;22-20-24-19(25-21(23)26-20)16-11-9-15(10-12-16)18-8-4-7-17(13-18)14-5-2-1-3-6-14;19-18-11-5-10-17(13-18)16-9-4-8-15(12-16)14-6-2-1-3-7-14;;;/h1-26H;1-13H;1-13H;;;/q;;;+2;2*-1. The minimum absolute atomic E-state index is 0. The van der Waals surface area contributed by atoms with Crippen LogP contribution in [0.4, 0.5) is 0 Å². The second kappa shape index (κ2) is 29.6. The van der Waals surface area contributed by atoms with Crippen molar-refractivity contribution < 1.29 is 2.85 Å². The summed E-state index contributed by atoms with van der Waals surface area (Å²) in [5.74, 6) is 1.53. The van der Waals surface area contributed by atoms with Crippen LogP contribution in [0.1, 0.15) is 2.85 Å². The number of hydrogen-bond acceptors (Lipinski definition) is 6. The molecule has 0 unspecified atom stereocenters. The molecule has 0 radical (unpaired) electrons. The largest absolute Gasteiger partial charge is 2.00 e. The Kier molecular flexibility index (Phi) is 20.5. The Morgan fingerprint density at radius 2 is 0.393 bits per heavy atom. The Morgan fingerprint density at radius 1 is 0.191 bits per heavy atom. The Balaban J connectivity index is 0.000000174. The van der Waals surface area contributed by atoms with Crippen LogP contribution in [0.2, 0.25) is 15.9 Å². The summed E-state index contributed by atoms with van der Waals surface area (Å²) in [4.78, 5) is 25.8. The summed E-state index contributed by atoms with van der Waals surface area (Å²) < 4.78 is 1.11. The maximum absolute atomic E-state index is 6.44. The van der Waals surface area contributed by atoms with Crippen molar-refractivity contribution in [1.29, 1.82) is 0 Å². The van der Waals surface area contributed by atoms with Crippen LogP contribution in [-0.2, 0) is 0 Å². The summed E-state index contributed by atoms with van der Waals surface area (Å²) in [5, 5.41) is 0.329. The first kappa shape index (κ1) is 61.4. The van der Waals surface area contributed by atoms with E-state index in [0.29, 0.717) is 17.5 Å². The smallest absolute Gasteiger partial charge is 1.00 e. The summed E-state index contributed by atoms with van der Waals surface area (Å²) in [5.41, 5.74) is 21.4. The third-order valence-corrected chi connectivity index (χ3v) is 15.6. The van der Waals surface area contributed by atoms with Crippen molar-refractivity contribution in [2.45, 2.75) is 0 Å². The summed E-state index contributed by atoms with van der Waals surface area (Å²) in [6.07, 6.45) is 0. The molecule has 0 aliphatic heterocycles. The van der Waals surface area contributed by atoms with Crippen LogP contribution in [-0.4, -0.2) is 53.0 Å². The minimum Gasteiger partial charge on any atom is -1.00 e. The van der Waals surface area contributed by atoms with Gasteiger partial charge in [0.05, 0.1) is 0 Å². The van der Waals surface area contributed by atoms with Gasteiger partial charge in [-0.1, -0.05) is 289 Å². The van der Waals surface area contributed by atoms with E-state index in [1.54, 1.807) is 0 Å². The Bertz CT molecular complexity index is 4650. The summed E-state index contributed by atoms with van der Waals surface area (Å²) in [7, 11) is 0. The van der Waals surface area contributed by atoms with Crippen molar-refractivity contribution >= 4 is 73.8 Å². The first-order valence-electron chi connectivity index (χ1n) is 28.4. The first-order valence-corrected chi connectivity index (χ1v) is 30.3. The molecule has 12 aromatic carbocycles. The number of rotatable bonds is 11. The van der Waals surface area contributed by atoms with E-state index in [2.05, 4.69) is 265 Å². The van der Waals surface area contributed by atoms with Gasteiger partial charge in [0.2, 0.25) is 15.9 Å². The van der Waals surface area contributed by atoms with E-state index in [0.717, 1.165) is 54.5 Å². The van der Waals surface area contributed by atoms with E-state index in [1.807, 2.05) is 91.0 Å². The van der Waals surface area contributed by atoms with E-state index in [1.165, 1.54) is 55.6 Å². The van der Waals surface area contributed by atoms with Crippen molar-refractivity contribution in [2.75, 3.05) is 0 Å². The van der Waals surface area contributed by atoms with Crippen LogP contribution in [0.3, 0.4) is 0 Å². The Labute approximate surface area is 561 Å². The van der Waals surface area contributed by atoms with E-state index < -0.39 is 0 Å². The second-order valence-electron chi connectivity index (χ2n) is 20.5. The number of halogens is 4. The molecule has 426 valence electrons. The van der Waals surface area contributed by atoms with Gasteiger partial charge in [-0.05, 0) is 166 Å². The molecule has 2 heterocycles. The molecule has 0 aliphatic rings. The maximum atomic E-state index is 6.44. The Hall–Kier alpha value is -9.22. The fourth-order valence-corrected chi connectivity index (χ4v) is 11.2. The molecule has 89 heavy (non-hydrogen) atoms. The molecule has 0 spiro atoms. The van der Waals surface area contributed by atoms with Crippen LogP contribution < -0.4 is 0 Å². The molecule has 0 amide bonds. The van der Waals surface area contributed by atoms with Crippen molar-refractivity contribution in [3.05, 3.63) is 336 Å². The zero-order chi connectivity index (χ0) is 60.0. The number of hydrogen-bond donors (Lipinski definition) is 0. The van der Waals surface area contributed by atoms with Gasteiger partial charge in [-0.3, -0.25) is 0 Å². The molecule has 0 N–H and O–H groups in total. The summed E-state index contributed by atoms with van der Waals surface area (Å²) >= 11 is 21.7. The van der Waals surface area contributed by atoms with Crippen molar-refractivity contribution in [2.24, 2.45) is 0 Å². The Morgan fingerprint density at radius 3 is 0.708 bits per heavy atom. The number of nitrogens with zero attached hydrogens (tertiary/aromatic N) is 6. The van der Waals surface area contributed by atoms with Crippen molar-refractivity contribution in [3.63, 3.8) is 0 Å². The van der Waals surface area contributed by atoms with E-state index in [4.69, 9.17) is 39.8 Å². The normalized spacial score (nSPS) is 10.6. The zero-order valence-corrected chi connectivity index (χ0v) is 53.2. The van der Waals surface area contributed by atoms with Gasteiger partial charge in [0, 0.05) is 21.2 Å². The van der Waals surface area contributed by atoms with E-state index in [-0.39, 0.29) is 41.8 Å². The van der Waals surface area contributed by atoms with Gasteiger partial charge in [0.15, 0.2) is 17.5 Å². The molecule has 0 fully saturated rings. The van der Waals surface area contributed by atoms with Crippen LogP contribution in [0.25, 0.3) is 123 Å². The fourth-order valence-electron chi connectivity index (χ4n) is 10.2. The molecular weight excluding hydrogens is 1230 g/mol. The van der Waals surface area contributed by atoms with Gasteiger partial charge in [0.1, 0.15) is 0 Å². The molecular formula is C78H54BrCl3MgN6.